The molecule has 164 valence electrons. The second-order valence-electron chi connectivity index (χ2n) is 13.7. The van der Waals surface area contributed by atoms with E-state index >= 15 is 0 Å². The molecule has 5 rings (SSSR count). The third-order valence-corrected chi connectivity index (χ3v) is 12.5. The molecule has 0 aromatic heterocycles. The van der Waals surface area contributed by atoms with Crippen LogP contribution >= 0.6 is 0 Å². The van der Waals surface area contributed by atoms with Gasteiger partial charge in [-0.1, -0.05) is 48.0 Å². The van der Waals surface area contributed by atoms with Crippen molar-refractivity contribution in [3.63, 3.8) is 0 Å². The Bertz CT molecular complexity index is 692. The highest BCUT2D eigenvalue weighted by atomic mass is 16.1. The summed E-state index contributed by atoms with van der Waals surface area (Å²) in [5, 5.41) is 0. The molecule has 0 N–H and O–H groups in total. The molecule has 5 aliphatic rings. The van der Waals surface area contributed by atoms with Crippen molar-refractivity contribution in [2.75, 3.05) is 0 Å². The highest BCUT2D eigenvalue weighted by Crippen LogP contribution is 2.75. The van der Waals surface area contributed by atoms with Crippen LogP contribution in [0.2, 0.25) is 0 Å². The maximum Gasteiger partial charge on any atom is 0.138 e. The van der Waals surface area contributed by atoms with Crippen LogP contribution in [-0.4, -0.2) is 5.78 Å². The second kappa shape index (κ2) is 6.35. The maximum absolute atomic E-state index is 12.8. The highest BCUT2D eigenvalue weighted by Gasteiger charge is 2.68. The third-order valence-electron chi connectivity index (χ3n) is 12.5. The number of hydrogen-bond acceptors (Lipinski definition) is 1. The van der Waals surface area contributed by atoms with E-state index in [2.05, 4.69) is 41.5 Å². The van der Waals surface area contributed by atoms with Crippen LogP contribution in [0.4, 0.5) is 0 Å². The first-order valence-electron chi connectivity index (χ1n) is 13.1. The average Bonchev–Trinajstić information content (AvgIpc) is 2.65. The number of rotatable bonds is 0. The topological polar surface area (TPSA) is 17.1 Å². The van der Waals surface area contributed by atoms with Gasteiger partial charge in [-0.25, -0.2) is 0 Å². The van der Waals surface area contributed by atoms with E-state index in [4.69, 9.17) is 0 Å². The molecule has 0 amide bonds. The van der Waals surface area contributed by atoms with Crippen molar-refractivity contribution < 1.29 is 4.79 Å². The Hall–Kier alpha value is -0.330. The molecule has 0 heterocycles. The Kier molecular flexibility index (Phi) is 4.50. The van der Waals surface area contributed by atoms with Gasteiger partial charge in [0.1, 0.15) is 5.78 Å². The average molecular weight is 399 g/mol. The number of hydrogen-bond donors (Lipinski definition) is 0. The Balaban J connectivity index is 1.51. The van der Waals surface area contributed by atoms with Crippen molar-refractivity contribution >= 4 is 5.78 Å². The lowest BCUT2D eigenvalue weighted by Crippen LogP contribution is -2.65. The first kappa shape index (κ1) is 20.6. The van der Waals surface area contributed by atoms with Gasteiger partial charge in [0.25, 0.3) is 0 Å². The molecule has 1 heteroatoms. The summed E-state index contributed by atoms with van der Waals surface area (Å²) in [5.41, 5.74) is 1.26. The minimum absolute atomic E-state index is 0.109. The molecule has 9 atom stereocenters. The predicted octanol–water partition coefficient (Wildman–Crippen LogP) is 7.68. The van der Waals surface area contributed by atoms with Gasteiger partial charge >= 0.3 is 0 Å². The van der Waals surface area contributed by atoms with E-state index in [1.807, 2.05) is 0 Å². The first-order valence-corrected chi connectivity index (χ1v) is 13.1. The number of ketones is 1. The van der Waals surface area contributed by atoms with Crippen LogP contribution < -0.4 is 0 Å². The zero-order valence-corrected chi connectivity index (χ0v) is 20.2. The quantitative estimate of drug-likeness (QED) is 0.409. The van der Waals surface area contributed by atoms with Gasteiger partial charge in [0, 0.05) is 11.8 Å². The summed E-state index contributed by atoms with van der Waals surface area (Å²) in [7, 11) is 0. The molecule has 5 fully saturated rings. The largest absolute Gasteiger partial charge is 0.299 e. The van der Waals surface area contributed by atoms with E-state index < -0.39 is 0 Å². The number of Topliss-reactive ketones (excluding diaryl/α,β-unsaturated/α-hetero) is 1. The normalized spacial score (nSPS) is 56.6. The second-order valence-corrected chi connectivity index (χ2v) is 13.7. The van der Waals surface area contributed by atoms with Crippen LogP contribution in [0, 0.1) is 57.2 Å². The molecule has 0 saturated heterocycles. The van der Waals surface area contributed by atoms with E-state index in [1.165, 1.54) is 57.8 Å². The maximum atomic E-state index is 12.8. The number of fused-ring (bicyclic) bond motifs is 7. The van der Waals surface area contributed by atoms with Gasteiger partial charge in [0.15, 0.2) is 0 Å². The fraction of sp³-hybridized carbons (Fsp3) is 0.964. The van der Waals surface area contributed by atoms with Crippen LogP contribution in [0.1, 0.15) is 112 Å². The Labute approximate surface area is 180 Å². The molecule has 3 unspecified atom stereocenters. The molecule has 0 aliphatic heterocycles. The highest BCUT2D eigenvalue weighted by molar-refractivity contribution is 5.85. The van der Waals surface area contributed by atoms with Crippen molar-refractivity contribution in [1.29, 1.82) is 0 Å². The van der Waals surface area contributed by atoms with Gasteiger partial charge in [-0.2, -0.15) is 0 Å². The molecule has 29 heavy (non-hydrogen) atoms. The molecule has 1 nitrogen and oxygen atoms in total. The number of carbonyl (C=O) groups excluding carboxylic acids is 1. The standard InChI is InChI=1S/C28H46O/c1-18-7-8-19-11-15-27(5)21(20(19)17-18)9-10-23-26(4)14-13-24(29)25(2,3)22(26)12-16-28(23,27)6/h18-23H,7-17H2,1-6H3/t18-,19+,20+,21?,22?,23?,26-,27-,28+/m0/s1. The minimum Gasteiger partial charge on any atom is -0.299 e. The predicted molar refractivity (Wildman–Crippen MR) is 121 cm³/mol. The molecular weight excluding hydrogens is 352 g/mol. The van der Waals surface area contributed by atoms with Gasteiger partial charge in [-0.3, -0.25) is 4.79 Å². The lowest BCUT2D eigenvalue weighted by Gasteiger charge is -2.72. The van der Waals surface area contributed by atoms with Gasteiger partial charge in [-0.05, 0) is 110 Å². The van der Waals surface area contributed by atoms with Crippen molar-refractivity contribution in [2.45, 2.75) is 112 Å². The van der Waals surface area contributed by atoms with Gasteiger partial charge < -0.3 is 0 Å². The number of carbonyl (C=O) groups is 1. The summed E-state index contributed by atoms with van der Waals surface area (Å²) in [6.07, 6.45) is 15.0. The molecule has 5 saturated carbocycles. The molecular formula is C28H46O. The van der Waals surface area contributed by atoms with E-state index in [9.17, 15) is 4.79 Å². The monoisotopic (exact) mass is 398 g/mol. The molecule has 5 aliphatic carbocycles. The lowest BCUT2D eigenvalue weighted by molar-refractivity contribution is -0.228. The van der Waals surface area contributed by atoms with Crippen LogP contribution in [0.5, 0.6) is 0 Å². The molecule has 0 radical (unpaired) electrons. The Morgan fingerprint density at radius 2 is 1.48 bits per heavy atom. The van der Waals surface area contributed by atoms with Crippen molar-refractivity contribution in [2.24, 2.45) is 57.2 Å². The zero-order chi connectivity index (χ0) is 20.8. The van der Waals surface area contributed by atoms with Crippen LogP contribution in [-0.2, 0) is 4.79 Å². The molecule has 0 spiro atoms. The smallest absolute Gasteiger partial charge is 0.138 e. The first-order chi connectivity index (χ1) is 13.5. The Morgan fingerprint density at radius 1 is 0.759 bits per heavy atom. The minimum atomic E-state index is -0.109. The summed E-state index contributed by atoms with van der Waals surface area (Å²) in [4.78, 5) is 12.8. The third kappa shape index (κ3) is 2.54. The van der Waals surface area contributed by atoms with E-state index in [0.29, 0.717) is 27.9 Å². The van der Waals surface area contributed by atoms with Gasteiger partial charge in [0.05, 0.1) is 0 Å². The Morgan fingerprint density at radius 3 is 2.24 bits per heavy atom. The van der Waals surface area contributed by atoms with Crippen molar-refractivity contribution in [3.8, 4) is 0 Å². The summed E-state index contributed by atoms with van der Waals surface area (Å²) in [5.74, 6) is 5.90. The summed E-state index contributed by atoms with van der Waals surface area (Å²) in [6, 6.07) is 0. The zero-order valence-electron chi connectivity index (χ0n) is 20.2. The summed E-state index contributed by atoms with van der Waals surface area (Å²) >= 11 is 0. The van der Waals surface area contributed by atoms with Crippen LogP contribution in [0.3, 0.4) is 0 Å². The molecule has 0 bridgehead atoms. The molecule has 0 aromatic carbocycles. The van der Waals surface area contributed by atoms with E-state index in [-0.39, 0.29) is 5.41 Å². The van der Waals surface area contributed by atoms with Gasteiger partial charge in [0.2, 0.25) is 0 Å². The summed E-state index contributed by atoms with van der Waals surface area (Å²) in [6.45, 7) is 15.2. The summed E-state index contributed by atoms with van der Waals surface area (Å²) < 4.78 is 0. The van der Waals surface area contributed by atoms with E-state index in [0.717, 1.165) is 42.4 Å². The molecule has 0 aromatic rings. The lowest BCUT2D eigenvalue weighted by atomic mass is 9.33. The van der Waals surface area contributed by atoms with Crippen molar-refractivity contribution in [1.82, 2.24) is 0 Å². The van der Waals surface area contributed by atoms with Crippen molar-refractivity contribution in [3.05, 3.63) is 0 Å². The SMILES string of the molecule is C[C@H]1CC[C@@H]2CC[C@@]3(C)C(CCC4[C@@]5(C)CCC(=O)C(C)(C)C5CC[C@]43C)[C@@H]2C1. The fourth-order valence-corrected chi connectivity index (χ4v) is 10.8. The van der Waals surface area contributed by atoms with E-state index in [1.54, 1.807) is 0 Å². The van der Waals surface area contributed by atoms with Crippen LogP contribution in [0.15, 0.2) is 0 Å². The van der Waals surface area contributed by atoms with Gasteiger partial charge in [-0.15, -0.1) is 0 Å². The fourth-order valence-electron chi connectivity index (χ4n) is 10.8. The van der Waals surface area contributed by atoms with Crippen LogP contribution in [0.25, 0.3) is 0 Å².